The fourth-order valence-electron chi connectivity index (χ4n) is 2.02. The first-order valence-corrected chi connectivity index (χ1v) is 5.95. The number of nitrogens with zero attached hydrogens (tertiary/aromatic N) is 1. The van der Waals surface area contributed by atoms with Gasteiger partial charge in [-0.3, -0.25) is 4.98 Å². The molecule has 0 spiro atoms. The van der Waals surface area contributed by atoms with Gasteiger partial charge in [0.05, 0.1) is 12.7 Å². The number of fused-ring (bicyclic) bond motifs is 1. The predicted molar refractivity (Wildman–Crippen MR) is 73.0 cm³/mol. The van der Waals surface area contributed by atoms with Gasteiger partial charge in [0, 0.05) is 11.6 Å². The average Bonchev–Trinajstić information content (AvgIpc) is 2.91. The third kappa shape index (κ3) is 1.99. The van der Waals surface area contributed by atoms with Crippen molar-refractivity contribution in [2.45, 2.75) is 0 Å². The Kier molecular flexibility index (Phi) is 2.87. The number of methoxy groups -OCH3 is 1. The molecule has 0 fully saturated rings. The van der Waals surface area contributed by atoms with Crippen molar-refractivity contribution in [3.05, 3.63) is 48.2 Å². The second-order valence-electron chi connectivity index (χ2n) is 4.22. The maximum atomic E-state index is 11.0. The lowest BCUT2D eigenvalue weighted by Gasteiger charge is -1.99. The molecular weight excluding hydrogens is 258 g/mol. The first-order valence-electron chi connectivity index (χ1n) is 5.95. The minimum Gasteiger partial charge on any atom is -0.493 e. The molecule has 0 aliphatic carbocycles. The van der Waals surface area contributed by atoms with Crippen LogP contribution < -0.4 is 4.74 Å². The zero-order valence-electron chi connectivity index (χ0n) is 10.7. The van der Waals surface area contributed by atoms with Crippen LogP contribution in [-0.2, 0) is 0 Å². The minimum absolute atomic E-state index is 0.169. The first kappa shape index (κ1) is 12.2. The maximum absolute atomic E-state index is 11.0. The van der Waals surface area contributed by atoms with Crippen LogP contribution in [0.5, 0.6) is 5.75 Å². The number of hydrogen-bond donors (Lipinski definition) is 1. The number of ether oxygens (including phenoxy) is 1. The molecule has 100 valence electrons. The van der Waals surface area contributed by atoms with E-state index in [4.69, 9.17) is 14.3 Å². The summed E-state index contributed by atoms with van der Waals surface area (Å²) < 4.78 is 11.0. The van der Waals surface area contributed by atoms with E-state index in [0.717, 1.165) is 5.39 Å². The molecule has 1 aromatic carbocycles. The van der Waals surface area contributed by atoms with E-state index in [1.54, 1.807) is 13.2 Å². The quantitative estimate of drug-likeness (QED) is 0.790. The van der Waals surface area contributed by atoms with E-state index in [-0.39, 0.29) is 5.56 Å². The van der Waals surface area contributed by atoms with Crippen molar-refractivity contribution in [3.63, 3.8) is 0 Å². The summed E-state index contributed by atoms with van der Waals surface area (Å²) in [4.78, 5) is 15.1. The Morgan fingerprint density at radius 2 is 2.15 bits per heavy atom. The van der Waals surface area contributed by atoms with Gasteiger partial charge in [0.25, 0.3) is 0 Å². The van der Waals surface area contributed by atoms with Crippen LogP contribution >= 0.6 is 0 Å². The minimum atomic E-state index is -0.998. The van der Waals surface area contributed by atoms with Crippen molar-refractivity contribution < 1.29 is 19.1 Å². The van der Waals surface area contributed by atoms with Crippen LogP contribution in [0.25, 0.3) is 22.4 Å². The molecule has 5 nitrogen and oxygen atoms in total. The van der Waals surface area contributed by atoms with Crippen LogP contribution in [0, 0.1) is 0 Å². The number of pyridine rings is 1. The van der Waals surface area contributed by atoms with Crippen molar-refractivity contribution in [1.29, 1.82) is 0 Å². The fourth-order valence-corrected chi connectivity index (χ4v) is 2.02. The molecule has 2 heterocycles. The number of carbonyl (C=O) groups is 1. The van der Waals surface area contributed by atoms with Crippen molar-refractivity contribution in [2.75, 3.05) is 7.11 Å². The molecule has 0 bridgehead atoms. The number of para-hydroxylation sites is 1. The summed E-state index contributed by atoms with van der Waals surface area (Å²) in [6, 6.07) is 10.3. The van der Waals surface area contributed by atoms with Crippen LogP contribution in [0.3, 0.4) is 0 Å². The van der Waals surface area contributed by atoms with Crippen LogP contribution in [-0.4, -0.2) is 23.2 Å². The molecule has 0 aliphatic heterocycles. The lowest BCUT2D eigenvalue weighted by Crippen LogP contribution is -1.96. The Morgan fingerprint density at radius 1 is 1.30 bits per heavy atom. The second kappa shape index (κ2) is 4.70. The zero-order valence-corrected chi connectivity index (χ0v) is 10.7. The summed E-state index contributed by atoms with van der Waals surface area (Å²) in [6.45, 7) is 0. The predicted octanol–water partition coefficient (Wildman–Crippen LogP) is 3.20. The smallest absolute Gasteiger partial charge is 0.335 e. The zero-order chi connectivity index (χ0) is 14.1. The number of carboxylic acid groups (broad SMARTS) is 1. The lowest BCUT2D eigenvalue weighted by atomic mass is 10.2. The fraction of sp³-hybridized carbons (Fsp3) is 0.0667. The highest BCUT2D eigenvalue weighted by Gasteiger charge is 2.12. The maximum Gasteiger partial charge on any atom is 0.335 e. The number of hydrogen-bond acceptors (Lipinski definition) is 4. The molecule has 0 saturated heterocycles. The van der Waals surface area contributed by atoms with E-state index in [1.807, 2.05) is 18.2 Å². The largest absolute Gasteiger partial charge is 0.493 e. The van der Waals surface area contributed by atoms with Crippen molar-refractivity contribution in [3.8, 4) is 17.2 Å². The Labute approximate surface area is 114 Å². The molecule has 20 heavy (non-hydrogen) atoms. The molecule has 0 amide bonds. The Morgan fingerprint density at radius 3 is 2.90 bits per heavy atom. The molecule has 3 rings (SSSR count). The molecule has 0 unspecified atom stereocenters. The molecule has 0 aliphatic rings. The molecule has 0 radical (unpaired) electrons. The highest BCUT2D eigenvalue weighted by atomic mass is 16.5. The van der Waals surface area contributed by atoms with Crippen LogP contribution in [0.1, 0.15) is 10.4 Å². The molecule has 0 saturated carbocycles. The van der Waals surface area contributed by atoms with Crippen LogP contribution in [0.4, 0.5) is 0 Å². The van der Waals surface area contributed by atoms with Gasteiger partial charge in [-0.15, -0.1) is 0 Å². The molecule has 0 atom stereocenters. The van der Waals surface area contributed by atoms with E-state index in [2.05, 4.69) is 4.98 Å². The van der Waals surface area contributed by atoms with Crippen molar-refractivity contribution in [2.24, 2.45) is 0 Å². The number of furan rings is 1. The van der Waals surface area contributed by atoms with Crippen molar-refractivity contribution in [1.82, 2.24) is 4.98 Å². The van der Waals surface area contributed by atoms with Crippen LogP contribution in [0.15, 0.2) is 47.0 Å². The van der Waals surface area contributed by atoms with Crippen LogP contribution in [0.2, 0.25) is 0 Å². The van der Waals surface area contributed by atoms with E-state index < -0.39 is 5.97 Å². The Bertz CT molecular complexity index is 791. The molecule has 3 aromatic rings. The Hall–Kier alpha value is -2.82. The van der Waals surface area contributed by atoms with Gasteiger partial charge in [-0.25, -0.2) is 4.79 Å². The third-order valence-corrected chi connectivity index (χ3v) is 2.99. The van der Waals surface area contributed by atoms with E-state index in [1.165, 1.54) is 18.3 Å². The first-order chi connectivity index (χ1) is 9.69. The van der Waals surface area contributed by atoms with Gasteiger partial charge in [0.1, 0.15) is 5.69 Å². The summed E-state index contributed by atoms with van der Waals surface area (Å²) in [7, 11) is 1.57. The summed E-state index contributed by atoms with van der Waals surface area (Å²) in [6.07, 6.45) is 1.45. The van der Waals surface area contributed by atoms with Gasteiger partial charge < -0.3 is 14.3 Å². The lowest BCUT2D eigenvalue weighted by molar-refractivity contribution is 0.0697. The third-order valence-electron chi connectivity index (χ3n) is 2.99. The number of carboxylic acids is 1. The number of rotatable bonds is 3. The Balaban J connectivity index is 2.15. The van der Waals surface area contributed by atoms with E-state index in [9.17, 15) is 4.79 Å². The number of aromatic nitrogens is 1. The van der Waals surface area contributed by atoms with Gasteiger partial charge in [0.15, 0.2) is 17.1 Å². The summed E-state index contributed by atoms with van der Waals surface area (Å²) >= 11 is 0. The van der Waals surface area contributed by atoms with Gasteiger partial charge >= 0.3 is 5.97 Å². The van der Waals surface area contributed by atoms with Gasteiger partial charge in [-0.05, 0) is 24.3 Å². The van der Waals surface area contributed by atoms with Crippen molar-refractivity contribution >= 4 is 16.9 Å². The van der Waals surface area contributed by atoms with E-state index in [0.29, 0.717) is 22.8 Å². The SMILES string of the molecule is COc1cccc2cc(-c3cc(C(=O)O)ccn3)oc12. The van der Waals surface area contributed by atoms with E-state index >= 15 is 0 Å². The molecule has 1 N–H and O–H groups in total. The summed E-state index contributed by atoms with van der Waals surface area (Å²) in [5.41, 5.74) is 1.26. The highest BCUT2D eigenvalue weighted by Crippen LogP contribution is 2.32. The normalized spacial score (nSPS) is 10.7. The number of benzene rings is 1. The second-order valence-corrected chi connectivity index (χ2v) is 4.22. The van der Waals surface area contributed by atoms with Gasteiger partial charge in [-0.2, -0.15) is 0 Å². The summed E-state index contributed by atoms with van der Waals surface area (Å²) in [5, 5.41) is 9.88. The molecular formula is C15H11NO4. The number of aromatic carboxylic acids is 1. The topological polar surface area (TPSA) is 72.6 Å². The van der Waals surface area contributed by atoms with Gasteiger partial charge in [-0.1, -0.05) is 12.1 Å². The standard InChI is InChI=1S/C15H11NO4/c1-19-12-4-2-3-9-8-13(20-14(9)12)11-7-10(15(17)18)5-6-16-11/h2-8H,1H3,(H,17,18). The summed E-state index contributed by atoms with van der Waals surface area (Å²) in [5.74, 6) is 0.137. The average molecular weight is 269 g/mol. The van der Waals surface area contributed by atoms with Gasteiger partial charge in [0.2, 0.25) is 0 Å². The molecule has 5 heteroatoms. The highest BCUT2D eigenvalue weighted by molar-refractivity contribution is 5.90. The monoisotopic (exact) mass is 269 g/mol. The molecule has 2 aromatic heterocycles.